The largest absolute Gasteiger partial charge is 0.478 e. The van der Waals surface area contributed by atoms with Crippen LogP contribution in [0.15, 0.2) is 360 Å². The Morgan fingerprint density at radius 3 is 0.993 bits per heavy atom. The van der Waals surface area contributed by atoms with Gasteiger partial charge in [0.1, 0.15) is 0 Å². The molecule has 14 aromatic heterocycles. The smallest absolute Gasteiger partial charge is 0.335 e. The second-order valence-corrected chi connectivity index (χ2v) is 33.6. The minimum atomic E-state index is -0.982. The third kappa shape index (κ3) is 27.9. The Hall–Kier alpha value is -19.9. The molecular weight excluding hydrogens is 1880 g/mol. The molecule has 0 atom stereocenters. The van der Waals surface area contributed by atoms with Crippen molar-refractivity contribution in [1.82, 2.24) is 103 Å². The lowest BCUT2D eigenvalue weighted by molar-refractivity contribution is 0.0686. The molecule has 742 valence electrons. The maximum Gasteiger partial charge on any atom is 0.335 e. The normalized spacial score (nSPS) is 10.6. The number of nitrogens with zero attached hydrogens (tertiary/aromatic N) is 21. The predicted octanol–water partition coefficient (Wildman–Crippen LogP) is 19.3. The summed E-state index contributed by atoms with van der Waals surface area (Å²) in [6, 6.07) is 85.4. The first kappa shape index (κ1) is 104. The number of hydrogen-bond acceptors (Lipinski definition) is 21. The van der Waals surface area contributed by atoms with Crippen molar-refractivity contribution in [1.29, 1.82) is 0 Å². The van der Waals surface area contributed by atoms with Crippen LogP contribution in [0, 0.1) is 41.5 Å². The van der Waals surface area contributed by atoms with Crippen molar-refractivity contribution in [2.24, 2.45) is 0 Å². The number of hydrogen-bond donors (Lipinski definition) is 7. The van der Waals surface area contributed by atoms with Gasteiger partial charge in [-0.3, -0.25) is 0 Å². The Labute approximate surface area is 849 Å². The number of carboxylic acid groups (broad SMARTS) is 7. The highest BCUT2D eigenvalue weighted by Crippen LogP contribution is 2.31. The summed E-state index contributed by atoms with van der Waals surface area (Å²) in [6.45, 7) is 14.0. The fraction of sp³-hybridized carbons (Fsp3) is 0.124. The SMILES string of the molecule is CCc1nn(-c2cc(C(=O)O)ccn2)c(-c2ccc(C)cc2)c1C.Cc1ccc(-c2c(C)cnn2-c2cc(C(=O)O)ccn2)cc1.Cc1cnn(-c2cc(C(=O)O)ccn2)c1C.O=C(O)c1ccnc(-n2ccc(CCc3ccccc3)n2)c1.O=C(O)c1ccnc(-n2ccc(Cc3ccccc3)n2)c1.O=C(O)c1ccnc(-n2nccc2CCc2ccccc2)c1.O=C(O)c1ccnc(-n2nccc2Cc2ccccc2)c1. The monoisotopic (exact) mass is 1980 g/mol. The molecule has 20 rings (SSSR count). The molecule has 0 amide bonds. The second-order valence-electron chi connectivity index (χ2n) is 33.6. The molecule has 6 aromatic carbocycles. The third-order valence-corrected chi connectivity index (χ3v) is 23.1. The van der Waals surface area contributed by atoms with Gasteiger partial charge >= 0.3 is 41.8 Å². The summed E-state index contributed by atoms with van der Waals surface area (Å²) in [6.07, 6.45) is 26.5. The van der Waals surface area contributed by atoms with Gasteiger partial charge in [0.25, 0.3) is 0 Å². The molecular formula is C113H101N21O14. The van der Waals surface area contributed by atoms with Crippen LogP contribution in [0.1, 0.15) is 164 Å². The van der Waals surface area contributed by atoms with E-state index in [1.165, 1.54) is 150 Å². The van der Waals surface area contributed by atoms with E-state index in [-0.39, 0.29) is 38.9 Å². The number of aromatic carboxylic acids is 7. The Bertz CT molecular complexity index is 7980. The van der Waals surface area contributed by atoms with Gasteiger partial charge in [-0.05, 0) is 222 Å². The second kappa shape index (κ2) is 50.0. The van der Waals surface area contributed by atoms with Crippen molar-refractivity contribution in [3.8, 4) is 63.2 Å². The highest BCUT2D eigenvalue weighted by atomic mass is 16.4. The number of carbonyl (C=O) groups is 7. The van der Waals surface area contributed by atoms with Gasteiger partial charge in [-0.25, -0.2) is 101 Å². The highest BCUT2D eigenvalue weighted by molar-refractivity contribution is 5.91. The van der Waals surface area contributed by atoms with Gasteiger partial charge in [-0.1, -0.05) is 188 Å². The lowest BCUT2D eigenvalue weighted by atomic mass is 10.0. The van der Waals surface area contributed by atoms with Crippen molar-refractivity contribution in [3.05, 3.63) is 483 Å². The van der Waals surface area contributed by atoms with E-state index in [2.05, 4.69) is 126 Å². The number of aryl methyl sites for hydroxylation is 9. The Morgan fingerprint density at radius 2 is 0.595 bits per heavy atom. The zero-order valence-corrected chi connectivity index (χ0v) is 81.4. The van der Waals surface area contributed by atoms with E-state index in [1.807, 2.05) is 187 Å². The van der Waals surface area contributed by atoms with Gasteiger partial charge in [0.05, 0.1) is 85.5 Å². The summed E-state index contributed by atoms with van der Waals surface area (Å²) in [5.74, 6) is -3.28. The summed E-state index contributed by atoms with van der Waals surface area (Å²) < 4.78 is 11.6. The lowest BCUT2D eigenvalue weighted by Gasteiger charge is -2.09. The van der Waals surface area contributed by atoms with Crippen LogP contribution < -0.4 is 0 Å². The molecule has 148 heavy (non-hydrogen) atoms. The average molecular weight is 1980 g/mol. The zero-order chi connectivity index (χ0) is 105. The van der Waals surface area contributed by atoms with Crippen molar-refractivity contribution in [2.45, 2.75) is 93.4 Å². The molecule has 7 N–H and O–H groups in total. The van der Waals surface area contributed by atoms with Gasteiger partial charge in [0, 0.05) is 104 Å². The summed E-state index contributed by atoms with van der Waals surface area (Å²) in [5, 5.41) is 93.9. The van der Waals surface area contributed by atoms with Gasteiger partial charge in [-0.2, -0.15) is 35.7 Å². The molecule has 0 spiro atoms. The van der Waals surface area contributed by atoms with E-state index in [9.17, 15) is 38.7 Å². The first-order chi connectivity index (χ1) is 71.6. The van der Waals surface area contributed by atoms with E-state index >= 15 is 0 Å². The Morgan fingerprint density at radius 1 is 0.270 bits per heavy atom. The molecule has 0 unspecified atom stereocenters. The molecule has 0 aliphatic carbocycles. The molecule has 0 fully saturated rings. The zero-order valence-electron chi connectivity index (χ0n) is 81.4. The van der Waals surface area contributed by atoms with Gasteiger partial charge < -0.3 is 35.7 Å². The van der Waals surface area contributed by atoms with Crippen molar-refractivity contribution < 1.29 is 69.3 Å². The molecule has 35 heteroatoms. The third-order valence-electron chi connectivity index (χ3n) is 23.1. The molecule has 20 aromatic rings. The topological polar surface area (TPSA) is 476 Å². The van der Waals surface area contributed by atoms with Crippen LogP contribution in [-0.2, 0) is 44.9 Å². The van der Waals surface area contributed by atoms with Crippen LogP contribution in [0.25, 0.3) is 63.2 Å². The fourth-order valence-corrected chi connectivity index (χ4v) is 15.2. The Balaban J connectivity index is 0.000000137. The fourth-order valence-electron chi connectivity index (χ4n) is 15.2. The van der Waals surface area contributed by atoms with Crippen LogP contribution in [0.2, 0.25) is 0 Å². The molecule has 14 heterocycles. The van der Waals surface area contributed by atoms with Crippen LogP contribution in [0.3, 0.4) is 0 Å². The summed E-state index contributed by atoms with van der Waals surface area (Å²) in [5.41, 5.74) is 21.4. The quantitative estimate of drug-likeness (QED) is 0.0251. The Kier molecular flexibility index (Phi) is 35.1. The molecule has 0 aliphatic rings. The number of carboxylic acids is 7. The lowest BCUT2D eigenvalue weighted by Crippen LogP contribution is -2.07. The number of pyridine rings is 7. The number of rotatable bonds is 27. The number of benzene rings is 6. The maximum atomic E-state index is 11.2. The van der Waals surface area contributed by atoms with Gasteiger partial charge in [0.2, 0.25) is 0 Å². The first-order valence-corrected chi connectivity index (χ1v) is 46.6. The van der Waals surface area contributed by atoms with E-state index in [4.69, 9.17) is 30.6 Å². The standard InChI is InChI=1S/C19H19N3O2.3C17H15N3O2.2C16H13N3O2.C11H11N3O2/c1-4-16-13(3)18(14-7-5-12(2)6-8-14)22(21-16)17-11-15(19(23)24)9-10-20-17;1-11-3-5-13(6-4-11)16-12(2)10-19-20(16)15-9-14(17(21)22)7-8-18-15;21-17(22)14-8-10-18-16(12-14)20-11-9-15(19-20)7-6-13-4-2-1-3-5-13;21-17(22)14-8-10-18-16(12-14)20-15(9-11-19-20)7-6-13-4-2-1-3-5-13;20-16(21)13-6-8-17-15(11-13)19-9-7-14(18-19)10-12-4-2-1-3-5-12;20-16(21)13-6-8-17-15(11-13)19-14(7-9-18-19)10-12-4-2-1-3-5-12;1-7-6-13-14(8(7)2)10-5-9(11(15)16)3-4-12-10/h5-11H,4H2,1-3H3,(H,23,24);3-10H,1-2H3,(H,21,22);2*1-5,8-12H,6-7H2,(H,21,22);2*1-9,11H,10H2,(H,20,21);3-6H,1-2H3,(H,15,16). The minimum absolute atomic E-state index is 0.188. The predicted molar refractivity (Wildman–Crippen MR) is 553 cm³/mol. The van der Waals surface area contributed by atoms with Crippen molar-refractivity contribution >= 4 is 41.8 Å². The summed E-state index contributed by atoms with van der Waals surface area (Å²) in [7, 11) is 0. The number of aromatic nitrogens is 21. The summed E-state index contributed by atoms with van der Waals surface area (Å²) in [4.78, 5) is 107. The first-order valence-electron chi connectivity index (χ1n) is 46.6. The highest BCUT2D eigenvalue weighted by Gasteiger charge is 2.22. The summed E-state index contributed by atoms with van der Waals surface area (Å²) >= 11 is 0. The molecule has 35 nitrogen and oxygen atoms in total. The van der Waals surface area contributed by atoms with Crippen LogP contribution in [-0.4, -0.2) is 181 Å². The van der Waals surface area contributed by atoms with Crippen LogP contribution in [0.4, 0.5) is 0 Å². The van der Waals surface area contributed by atoms with Crippen molar-refractivity contribution in [2.75, 3.05) is 0 Å². The average Bonchev–Trinajstić information content (AvgIpc) is 1.58. The molecule has 0 bridgehead atoms. The molecule has 0 aliphatic heterocycles. The van der Waals surface area contributed by atoms with E-state index in [1.54, 1.807) is 76.0 Å². The molecule has 0 saturated heterocycles. The van der Waals surface area contributed by atoms with Crippen LogP contribution in [0.5, 0.6) is 0 Å². The minimum Gasteiger partial charge on any atom is -0.478 e. The van der Waals surface area contributed by atoms with Gasteiger partial charge in [0.15, 0.2) is 40.7 Å². The van der Waals surface area contributed by atoms with Crippen LogP contribution >= 0.6 is 0 Å². The van der Waals surface area contributed by atoms with E-state index in [0.29, 0.717) is 47.1 Å². The maximum absolute atomic E-state index is 11.2. The van der Waals surface area contributed by atoms with E-state index in [0.717, 1.165) is 117 Å². The van der Waals surface area contributed by atoms with Gasteiger partial charge in [-0.15, -0.1) is 0 Å². The molecule has 0 radical (unpaired) electrons. The van der Waals surface area contributed by atoms with Crippen molar-refractivity contribution in [3.63, 3.8) is 0 Å². The molecule has 0 saturated carbocycles. The van der Waals surface area contributed by atoms with E-state index < -0.39 is 41.8 Å².